The van der Waals surface area contributed by atoms with Gasteiger partial charge in [0.05, 0.1) is 0 Å². The van der Waals surface area contributed by atoms with Gasteiger partial charge in [-0.3, -0.25) is 9.59 Å². The van der Waals surface area contributed by atoms with Crippen LogP contribution in [0.1, 0.15) is 32.3 Å². The molecule has 0 heterocycles. The fraction of sp³-hybridized carbons (Fsp3) is 0.429. The molecule has 1 rings (SSSR count). The topological polar surface area (TPSA) is 34.1 Å². The molecule has 2 nitrogen and oxygen atoms in total. The molecule has 1 atom stereocenters. The third-order valence-corrected chi connectivity index (χ3v) is 4.11. The molecular formula is C14H17IO2. The van der Waals surface area contributed by atoms with Crippen LogP contribution in [0.25, 0.3) is 0 Å². The first-order chi connectivity index (χ1) is 8.03. The number of benzene rings is 1. The van der Waals surface area contributed by atoms with E-state index in [1.165, 1.54) is 6.92 Å². The highest BCUT2D eigenvalue weighted by Crippen LogP contribution is 2.33. The Hall–Kier alpha value is -0.710. The van der Waals surface area contributed by atoms with Gasteiger partial charge in [0.25, 0.3) is 0 Å². The van der Waals surface area contributed by atoms with Crippen LogP contribution in [-0.4, -0.2) is 9.57 Å². The molecule has 0 aliphatic heterocycles. The lowest BCUT2D eigenvalue weighted by Crippen LogP contribution is -2.37. The zero-order chi connectivity index (χ0) is 12.9. The van der Waals surface area contributed by atoms with Gasteiger partial charge in [0.1, 0.15) is 11.2 Å². The third-order valence-electron chi connectivity index (χ3n) is 3.08. The molecule has 0 aromatic heterocycles. The third kappa shape index (κ3) is 3.37. The number of halogens is 1. The van der Waals surface area contributed by atoms with Gasteiger partial charge in [-0.1, -0.05) is 43.7 Å². The van der Waals surface area contributed by atoms with Crippen molar-refractivity contribution in [1.82, 2.24) is 0 Å². The number of hydrogen-bond acceptors (Lipinski definition) is 2. The minimum atomic E-state index is -0.837. The average Bonchev–Trinajstić information content (AvgIpc) is 2.29. The molecule has 92 valence electrons. The van der Waals surface area contributed by atoms with Gasteiger partial charge in [-0.15, -0.1) is 0 Å². The number of carbonyl (C=O) groups is 2. The van der Waals surface area contributed by atoms with Gasteiger partial charge in [-0.05, 0) is 25.3 Å². The van der Waals surface area contributed by atoms with Crippen LogP contribution in [0.5, 0.6) is 0 Å². The van der Waals surface area contributed by atoms with Gasteiger partial charge in [-0.25, -0.2) is 0 Å². The summed E-state index contributed by atoms with van der Waals surface area (Å²) in [6.45, 7) is 3.53. The molecule has 0 N–H and O–H groups in total. The van der Waals surface area contributed by atoms with Crippen molar-refractivity contribution in [3.8, 4) is 0 Å². The first-order valence-corrected chi connectivity index (χ1v) is 6.85. The van der Waals surface area contributed by atoms with Crippen molar-refractivity contribution in [3.05, 3.63) is 35.9 Å². The van der Waals surface area contributed by atoms with E-state index in [2.05, 4.69) is 0 Å². The first kappa shape index (κ1) is 14.4. The molecule has 17 heavy (non-hydrogen) atoms. The van der Waals surface area contributed by atoms with Gasteiger partial charge in [0.2, 0.25) is 3.79 Å². The summed E-state index contributed by atoms with van der Waals surface area (Å²) >= 11 is 1.76. The molecule has 0 fully saturated rings. The van der Waals surface area contributed by atoms with Crippen LogP contribution >= 0.6 is 22.6 Å². The van der Waals surface area contributed by atoms with Crippen molar-refractivity contribution < 1.29 is 9.59 Å². The van der Waals surface area contributed by atoms with Gasteiger partial charge >= 0.3 is 0 Å². The molecule has 0 saturated heterocycles. The Morgan fingerprint density at radius 1 is 1.24 bits per heavy atom. The summed E-state index contributed by atoms with van der Waals surface area (Å²) in [5.41, 5.74) is 0.206. The van der Waals surface area contributed by atoms with Crippen molar-refractivity contribution in [2.75, 3.05) is 0 Å². The minimum Gasteiger partial charge on any atom is -0.299 e. The van der Waals surface area contributed by atoms with Crippen LogP contribution in [0.4, 0.5) is 0 Å². The maximum Gasteiger partial charge on any atom is 0.206 e. The lowest BCUT2D eigenvalue weighted by atomic mass is 9.76. The Kier molecular flexibility index (Phi) is 5.31. The molecule has 3 heteroatoms. The average molecular weight is 344 g/mol. The van der Waals surface area contributed by atoms with Gasteiger partial charge in [0, 0.05) is 22.6 Å². The van der Waals surface area contributed by atoms with E-state index in [1.807, 2.05) is 37.3 Å². The standard InChI is InChI=1S/C14H17IO2/c1-3-9-14(11(2)16,13(15)17)10-12-7-5-4-6-8-12/h4-8H,3,9-10H2,1-2H3. The Balaban J connectivity index is 3.06. The SMILES string of the molecule is CCCC(Cc1ccccc1)(C(C)=O)C(=O)I. The number of hydrogen-bond donors (Lipinski definition) is 0. The number of rotatable bonds is 6. The number of carbonyl (C=O) groups excluding carboxylic acids is 2. The molecule has 0 aliphatic carbocycles. The number of Topliss-reactive ketones (excluding diaryl/α,β-unsaturated/α-hetero) is 1. The van der Waals surface area contributed by atoms with Crippen LogP contribution < -0.4 is 0 Å². The smallest absolute Gasteiger partial charge is 0.206 e. The van der Waals surface area contributed by atoms with Crippen LogP contribution in [-0.2, 0) is 16.0 Å². The lowest BCUT2D eigenvalue weighted by Gasteiger charge is -2.27. The second kappa shape index (κ2) is 6.28. The molecule has 1 aromatic carbocycles. The van der Waals surface area contributed by atoms with Gasteiger partial charge in [0.15, 0.2) is 0 Å². The van der Waals surface area contributed by atoms with Crippen LogP contribution in [0.15, 0.2) is 30.3 Å². The van der Waals surface area contributed by atoms with Crippen LogP contribution in [0.2, 0.25) is 0 Å². The van der Waals surface area contributed by atoms with E-state index in [1.54, 1.807) is 22.6 Å². The van der Waals surface area contributed by atoms with E-state index in [4.69, 9.17) is 0 Å². The molecule has 0 spiro atoms. The van der Waals surface area contributed by atoms with Gasteiger partial charge < -0.3 is 0 Å². The molecule has 0 bridgehead atoms. The summed E-state index contributed by atoms with van der Waals surface area (Å²) in [5, 5.41) is 0. The largest absolute Gasteiger partial charge is 0.299 e. The number of ketones is 1. The van der Waals surface area contributed by atoms with E-state index in [0.29, 0.717) is 12.8 Å². The molecule has 1 aromatic rings. The van der Waals surface area contributed by atoms with E-state index in [0.717, 1.165) is 12.0 Å². The van der Waals surface area contributed by atoms with Crippen LogP contribution in [0.3, 0.4) is 0 Å². The minimum absolute atomic E-state index is 0.0254. The summed E-state index contributed by atoms with van der Waals surface area (Å²) in [7, 11) is 0. The molecule has 1 unspecified atom stereocenters. The summed E-state index contributed by atoms with van der Waals surface area (Å²) in [6.07, 6.45) is 1.97. The van der Waals surface area contributed by atoms with E-state index in [9.17, 15) is 9.59 Å². The van der Waals surface area contributed by atoms with E-state index >= 15 is 0 Å². The Morgan fingerprint density at radius 3 is 2.24 bits per heavy atom. The molecular weight excluding hydrogens is 327 g/mol. The van der Waals surface area contributed by atoms with E-state index in [-0.39, 0.29) is 9.57 Å². The quantitative estimate of drug-likeness (QED) is 0.449. The fourth-order valence-electron chi connectivity index (χ4n) is 2.07. The van der Waals surface area contributed by atoms with Crippen molar-refractivity contribution in [2.24, 2.45) is 5.41 Å². The Bertz CT molecular complexity index is 384. The molecule has 0 aliphatic rings. The second-order valence-corrected chi connectivity index (χ2v) is 5.30. The zero-order valence-electron chi connectivity index (χ0n) is 10.2. The van der Waals surface area contributed by atoms with E-state index < -0.39 is 5.41 Å². The highest BCUT2D eigenvalue weighted by Gasteiger charge is 2.40. The predicted octanol–water partition coefficient (Wildman–Crippen LogP) is 3.57. The van der Waals surface area contributed by atoms with Crippen molar-refractivity contribution in [3.63, 3.8) is 0 Å². The monoisotopic (exact) mass is 344 g/mol. The summed E-state index contributed by atoms with van der Waals surface area (Å²) in [4.78, 5) is 23.7. The maximum atomic E-state index is 11.9. The maximum absolute atomic E-state index is 11.9. The predicted molar refractivity (Wildman–Crippen MR) is 77.2 cm³/mol. The van der Waals surface area contributed by atoms with Gasteiger partial charge in [-0.2, -0.15) is 0 Å². The Morgan fingerprint density at radius 2 is 1.82 bits per heavy atom. The van der Waals surface area contributed by atoms with Crippen molar-refractivity contribution >= 4 is 32.2 Å². The summed E-state index contributed by atoms with van der Waals surface area (Å²) in [5.74, 6) is -0.0254. The lowest BCUT2D eigenvalue weighted by molar-refractivity contribution is -0.134. The highest BCUT2D eigenvalue weighted by atomic mass is 127. The zero-order valence-corrected chi connectivity index (χ0v) is 12.4. The second-order valence-electron chi connectivity index (χ2n) is 4.32. The first-order valence-electron chi connectivity index (χ1n) is 5.78. The summed E-state index contributed by atoms with van der Waals surface area (Å²) < 4.78 is -0.0479. The Labute approximate surface area is 116 Å². The molecule has 0 amide bonds. The van der Waals surface area contributed by atoms with Crippen molar-refractivity contribution in [2.45, 2.75) is 33.1 Å². The summed E-state index contributed by atoms with van der Waals surface area (Å²) in [6, 6.07) is 9.73. The molecule has 0 saturated carbocycles. The fourth-order valence-corrected chi connectivity index (χ4v) is 2.91. The highest BCUT2D eigenvalue weighted by molar-refractivity contribution is 14.1. The van der Waals surface area contributed by atoms with Crippen LogP contribution in [0, 0.1) is 5.41 Å². The van der Waals surface area contributed by atoms with Crippen molar-refractivity contribution in [1.29, 1.82) is 0 Å². The normalized spacial score (nSPS) is 14.1. The molecule has 0 radical (unpaired) electrons.